The highest BCUT2D eigenvalue weighted by Gasteiger charge is 2.19. The van der Waals surface area contributed by atoms with Crippen LogP contribution in [-0.4, -0.2) is 11.6 Å². The van der Waals surface area contributed by atoms with Gasteiger partial charge in [0.1, 0.15) is 11.6 Å². The van der Waals surface area contributed by atoms with E-state index >= 15 is 0 Å². The van der Waals surface area contributed by atoms with E-state index in [0.717, 1.165) is 0 Å². The van der Waals surface area contributed by atoms with Crippen molar-refractivity contribution >= 4 is 11.6 Å². The predicted molar refractivity (Wildman–Crippen MR) is 39.7 cm³/mol. The molecule has 0 saturated heterocycles. The van der Waals surface area contributed by atoms with Crippen LogP contribution in [0.3, 0.4) is 0 Å². The van der Waals surface area contributed by atoms with E-state index < -0.39 is 0 Å². The summed E-state index contributed by atoms with van der Waals surface area (Å²) in [6.45, 7) is 6.61. The summed E-state index contributed by atoms with van der Waals surface area (Å²) in [6.07, 6.45) is 0. The quantitative estimate of drug-likeness (QED) is 0.597. The minimum Gasteiger partial charge on any atom is -0.300 e. The van der Waals surface area contributed by atoms with Crippen LogP contribution in [0.15, 0.2) is 0 Å². The van der Waals surface area contributed by atoms with Crippen molar-refractivity contribution in [2.45, 2.75) is 27.7 Å². The molecule has 0 aromatic heterocycles. The van der Waals surface area contributed by atoms with Crippen LogP contribution < -0.4 is 0 Å². The largest absolute Gasteiger partial charge is 0.300 e. The Labute approximate surface area is 61.6 Å². The average Bonchev–Trinajstić information content (AvgIpc) is 1.84. The molecule has 0 fully saturated rings. The Morgan fingerprint density at radius 2 is 1.10 bits per heavy atom. The monoisotopic (exact) mass is 142 g/mol. The van der Waals surface area contributed by atoms with E-state index in [0.29, 0.717) is 0 Å². The van der Waals surface area contributed by atoms with Gasteiger partial charge in [0.05, 0.1) is 0 Å². The van der Waals surface area contributed by atoms with Crippen LogP contribution in [0.25, 0.3) is 0 Å². The molecule has 0 aliphatic rings. The van der Waals surface area contributed by atoms with Gasteiger partial charge in [0.2, 0.25) is 0 Å². The van der Waals surface area contributed by atoms with Gasteiger partial charge >= 0.3 is 0 Å². The van der Waals surface area contributed by atoms with Crippen molar-refractivity contribution in [3.63, 3.8) is 0 Å². The van der Waals surface area contributed by atoms with Crippen LogP contribution in [0, 0.1) is 11.8 Å². The number of Topliss-reactive ketones (excluding diaryl/α,β-unsaturated/α-hetero) is 2. The summed E-state index contributed by atoms with van der Waals surface area (Å²) < 4.78 is 0. The van der Waals surface area contributed by atoms with Crippen LogP contribution >= 0.6 is 0 Å². The fraction of sp³-hybridized carbons (Fsp3) is 0.750. The van der Waals surface area contributed by atoms with Crippen LogP contribution in [0.5, 0.6) is 0 Å². The van der Waals surface area contributed by atoms with Gasteiger partial charge in [0.15, 0.2) is 0 Å². The molecule has 0 saturated carbocycles. The third kappa shape index (κ3) is 2.29. The minimum atomic E-state index is -0.127. The van der Waals surface area contributed by atoms with Crippen LogP contribution in [-0.2, 0) is 9.59 Å². The van der Waals surface area contributed by atoms with Gasteiger partial charge in [-0.15, -0.1) is 0 Å². The maximum atomic E-state index is 10.7. The van der Waals surface area contributed by atoms with E-state index in [2.05, 4.69) is 0 Å². The van der Waals surface area contributed by atoms with Crippen molar-refractivity contribution in [1.82, 2.24) is 0 Å². The van der Waals surface area contributed by atoms with Crippen LogP contribution in [0.2, 0.25) is 0 Å². The third-order valence-electron chi connectivity index (χ3n) is 2.03. The molecular formula is C8H14O2. The Kier molecular flexibility index (Phi) is 3.26. The molecule has 2 heteroatoms. The second kappa shape index (κ2) is 3.49. The molecule has 0 aliphatic heterocycles. The lowest BCUT2D eigenvalue weighted by atomic mass is 9.90. The normalized spacial score (nSPS) is 16.0. The molecule has 0 amide bonds. The van der Waals surface area contributed by atoms with Gasteiger partial charge in [0, 0.05) is 11.8 Å². The molecule has 0 aromatic carbocycles. The van der Waals surface area contributed by atoms with Crippen molar-refractivity contribution in [2.75, 3.05) is 0 Å². The number of hydrogen-bond donors (Lipinski definition) is 0. The highest BCUT2D eigenvalue weighted by Crippen LogP contribution is 2.12. The summed E-state index contributed by atoms with van der Waals surface area (Å²) >= 11 is 0. The summed E-state index contributed by atoms with van der Waals surface area (Å²) in [5.41, 5.74) is 0. The Hall–Kier alpha value is -0.660. The number of carbonyl (C=O) groups excluding carboxylic acids is 2. The first-order valence-corrected chi connectivity index (χ1v) is 3.47. The van der Waals surface area contributed by atoms with Gasteiger partial charge in [0.25, 0.3) is 0 Å². The van der Waals surface area contributed by atoms with E-state index in [-0.39, 0.29) is 23.4 Å². The van der Waals surface area contributed by atoms with Gasteiger partial charge in [-0.1, -0.05) is 13.8 Å². The summed E-state index contributed by atoms with van der Waals surface area (Å²) in [6, 6.07) is 0. The number of hydrogen-bond acceptors (Lipinski definition) is 2. The zero-order valence-electron chi connectivity index (χ0n) is 6.97. The van der Waals surface area contributed by atoms with Gasteiger partial charge in [-0.3, -0.25) is 9.59 Å². The summed E-state index contributed by atoms with van der Waals surface area (Å²) in [4.78, 5) is 21.5. The second-order valence-electron chi connectivity index (χ2n) is 2.80. The fourth-order valence-electron chi connectivity index (χ4n) is 0.704. The molecule has 0 spiro atoms. The Bertz CT molecular complexity index is 131. The lowest BCUT2D eigenvalue weighted by Gasteiger charge is -2.12. The second-order valence-corrected chi connectivity index (χ2v) is 2.80. The molecule has 0 rings (SSSR count). The maximum absolute atomic E-state index is 10.7. The van der Waals surface area contributed by atoms with Crippen molar-refractivity contribution < 1.29 is 9.59 Å². The molecule has 1 unspecified atom stereocenters. The maximum Gasteiger partial charge on any atom is 0.133 e. The third-order valence-corrected chi connectivity index (χ3v) is 2.03. The van der Waals surface area contributed by atoms with Gasteiger partial charge < -0.3 is 0 Å². The van der Waals surface area contributed by atoms with E-state index in [9.17, 15) is 9.59 Å². The average molecular weight is 142 g/mol. The molecule has 0 aromatic rings. The predicted octanol–water partition coefficient (Wildman–Crippen LogP) is 1.44. The molecular weight excluding hydrogens is 128 g/mol. The summed E-state index contributed by atoms with van der Waals surface area (Å²) in [5.74, 6) is -0.0830. The lowest BCUT2D eigenvalue weighted by molar-refractivity contribution is -0.128. The Morgan fingerprint density at radius 3 is 1.20 bits per heavy atom. The Morgan fingerprint density at radius 1 is 0.900 bits per heavy atom. The van der Waals surface area contributed by atoms with E-state index in [1.54, 1.807) is 13.8 Å². The van der Waals surface area contributed by atoms with Crippen molar-refractivity contribution in [3.05, 3.63) is 0 Å². The molecule has 0 bridgehead atoms. The van der Waals surface area contributed by atoms with Gasteiger partial charge in [-0.2, -0.15) is 0 Å². The molecule has 0 N–H and O–H groups in total. The standard InChI is InChI=1S/C8H14O2/c1-5(7(3)9)6(2)8(4)10/h5-6H,1-4H3/t5-,6?/m0/s1. The minimum absolute atomic E-state index is 0.0858. The molecule has 58 valence electrons. The van der Waals surface area contributed by atoms with Crippen LogP contribution in [0.1, 0.15) is 27.7 Å². The molecule has 0 radical (unpaired) electrons. The van der Waals surface area contributed by atoms with Crippen molar-refractivity contribution in [2.24, 2.45) is 11.8 Å². The topological polar surface area (TPSA) is 34.1 Å². The van der Waals surface area contributed by atoms with Crippen LogP contribution in [0.4, 0.5) is 0 Å². The molecule has 10 heavy (non-hydrogen) atoms. The van der Waals surface area contributed by atoms with Crippen molar-refractivity contribution in [1.29, 1.82) is 0 Å². The Balaban J connectivity index is 4.07. The highest BCUT2D eigenvalue weighted by molar-refractivity contribution is 5.86. The smallest absolute Gasteiger partial charge is 0.133 e. The van der Waals surface area contributed by atoms with Gasteiger partial charge in [-0.05, 0) is 13.8 Å². The number of ketones is 2. The zero-order valence-corrected chi connectivity index (χ0v) is 6.97. The first kappa shape index (κ1) is 9.34. The van der Waals surface area contributed by atoms with Gasteiger partial charge in [-0.25, -0.2) is 0 Å². The zero-order chi connectivity index (χ0) is 8.31. The van der Waals surface area contributed by atoms with E-state index in [4.69, 9.17) is 0 Å². The first-order chi connectivity index (χ1) is 4.46. The summed E-state index contributed by atoms with van der Waals surface area (Å²) in [5, 5.41) is 0. The molecule has 0 heterocycles. The first-order valence-electron chi connectivity index (χ1n) is 3.47. The molecule has 2 nitrogen and oxygen atoms in total. The number of carbonyl (C=O) groups is 2. The SMILES string of the molecule is CC(=O)C(C)[C@H](C)C(C)=O. The molecule has 2 atom stereocenters. The number of rotatable bonds is 3. The molecule has 0 aliphatic carbocycles. The highest BCUT2D eigenvalue weighted by atomic mass is 16.1. The van der Waals surface area contributed by atoms with Crippen molar-refractivity contribution in [3.8, 4) is 0 Å². The fourth-order valence-corrected chi connectivity index (χ4v) is 0.704. The van der Waals surface area contributed by atoms with E-state index in [1.165, 1.54) is 13.8 Å². The van der Waals surface area contributed by atoms with E-state index in [1.807, 2.05) is 0 Å². The lowest BCUT2D eigenvalue weighted by Crippen LogP contribution is -2.21. The summed E-state index contributed by atoms with van der Waals surface area (Å²) in [7, 11) is 0.